The number of benzene rings is 2. The molecule has 1 saturated heterocycles. The number of carbonyl (C=O) groups excluding carboxylic acids is 1. The first-order valence-electron chi connectivity index (χ1n) is 12.6. The van der Waals surface area contributed by atoms with Crippen LogP contribution >= 0.6 is 0 Å². The highest BCUT2D eigenvalue weighted by Crippen LogP contribution is 2.25. The second kappa shape index (κ2) is 11.2. The highest BCUT2D eigenvalue weighted by atomic mass is 19.1. The minimum atomic E-state index is -0.316. The number of Topliss-reactive ketones (excluding diaryl/α,β-unsaturated/α-hetero) is 1. The van der Waals surface area contributed by atoms with Gasteiger partial charge in [0.25, 0.3) is 5.56 Å². The maximum absolute atomic E-state index is 13.2. The lowest BCUT2D eigenvalue weighted by atomic mass is 9.89. The average Bonchev–Trinajstić information content (AvgIpc) is 2.86. The first kappa shape index (κ1) is 25.2. The van der Waals surface area contributed by atoms with Gasteiger partial charge in [-0.1, -0.05) is 26.8 Å². The van der Waals surface area contributed by atoms with Crippen LogP contribution in [0.3, 0.4) is 0 Å². The third-order valence-corrected chi connectivity index (χ3v) is 7.03. The molecular formula is C28H35FN4O2. The second-order valence-corrected chi connectivity index (χ2v) is 9.81. The fourth-order valence-electron chi connectivity index (χ4n) is 4.96. The van der Waals surface area contributed by atoms with Gasteiger partial charge >= 0.3 is 0 Å². The number of hydrogen-bond acceptors (Lipinski definition) is 5. The molecule has 0 saturated carbocycles. The molecule has 0 bridgehead atoms. The number of piperidine rings is 1. The molecule has 3 aromatic rings. The standard InChI is InChI=1S/C28H35FN4O2/c1-4-23-28(35)32-24-10-7-21(17-25(24)31-23)26(18(2)3)30-13-16-33-14-11-20(12-15-33)27(34)19-5-8-22(29)9-6-19/h5-10,17-18,20,26,30H,4,11-16H2,1-3H3,(H,32,35). The number of likely N-dealkylation sites (tertiary alicyclic amines) is 1. The van der Waals surface area contributed by atoms with Crippen LogP contribution < -0.4 is 10.9 Å². The zero-order valence-corrected chi connectivity index (χ0v) is 20.8. The highest BCUT2D eigenvalue weighted by molar-refractivity contribution is 5.97. The number of rotatable bonds is 9. The maximum Gasteiger partial charge on any atom is 0.270 e. The molecule has 35 heavy (non-hydrogen) atoms. The van der Waals surface area contributed by atoms with E-state index in [2.05, 4.69) is 46.2 Å². The van der Waals surface area contributed by atoms with Crippen molar-refractivity contribution in [3.8, 4) is 0 Å². The molecule has 4 rings (SSSR count). The molecule has 2 aromatic carbocycles. The number of H-pyrrole nitrogens is 1. The number of nitrogens with zero attached hydrogens (tertiary/aromatic N) is 2. The molecule has 1 aliphatic rings. The van der Waals surface area contributed by atoms with Crippen molar-refractivity contribution in [2.24, 2.45) is 11.8 Å². The van der Waals surface area contributed by atoms with Gasteiger partial charge in [0.15, 0.2) is 5.78 Å². The van der Waals surface area contributed by atoms with Crippen LogP contribution in [-0.4, -0.2) is 46.8 Å². The lowest BCUT2D eigenvalue weighted by Gasteiger charge is -2.32. The molecule has 0 aliphatic carbocycles. The summed E-state index contributed by atoms with van der Waals surface area (Å²) in [5.74, 6) is 0.210. The molecule has 6 nitrogen and oxygen atoms in total. The first-order valence-corrected chi connectivity index (χ1v) is 12.6. The minimum absolute atomic E-state index is 0.0117. The van der Waals surface area contributed by atoms with Gasteiger partial charge in [-0.3, -0.25) is 9.59 Å². The quantitative estimate of drug-likeness (QED) is 0.443. The Labute approximate surface area is 206 Å². The van der Waals surface area contributed by atoms with E-state index in [4.69, 9.17) is 0 Å². The SMILES string of the molecule is CCc1nc2cc(C(NCCN3CCC(C(=O)c4ccc(F)cc4)CC3)C(C)C)ccc2[nH]c1=O. The summed E-state index contributed by atoms with van der Waals surface area (Å²) in [6.07, 6.45) is 2.27. The molecule has 1 fully saturated rings. The molecule has 7 heteroatoms. The van der Waals surface area contributed by atoms with Gasteiger partial charge in [0.2, 0.25) is 0 Å². The van der Waals surface area contributed by atoms with Gasteiger partial charge in [-0.05, 0) is 80.2 Å². The summed E-state index contributed by atoms with van der Waals surface area (Å²) < 4.78 is 13.2. The van der Waals surface area contributed by atoms with Crippen LogP contribution in [0.5, 0.6) is 0 Å². The van der Waals surface area contributed by atoms with Crippen molar-refractivity contribution in [2.45, 2.75) is 46.1 Å². The van der Waals surface area contributed by atoms with E-state index in [1.807, 2.05) is 13.0 Å². The van der Waals surface area contributed by atoms with Gasteiger partial charge in [-0.2, -0.15) is 0 Å². The number of ketones is 1. The van der Waals surface area contributed by atoms with E-state index in [0.717, 1.165) is 55.6 Å². The summed E-state index contributed by atoms with van der Waals surface area (Å²) in [6.45, 7) is 9.87. The smallest absolute Gasteiger partial charge is 0.270 e. The predicted molar refractivity (Wildman–Crippen MR) is 137 cm³/mol. The minimum Gasteiger partial charge on any atom is -0.319 e. The molecule has 0 radical (unpaired) electrons. The molecule has 1 atom stereocenters. The lowest BCUT2D eigenvalue weighted by molar-refractivity contribution is 0.0840. The normalized spacial score (nSPS) is 16.1. The fourth-order valence-corrected chi connectivity index (χ4v) is 4.96. The third kappa shape index (κ3) is 6.03. The topological polar surface area (TPSA) is 78.1 Å². The van der Waals surface area contributed by atoms with Crippen molar-refractivity contribution in [1.29, 1.82) is 0 Å². The molecule has 0 spiro atoms. The molecule has 2 N–H and O–H groups in total. The second-order valence-electron chi connectivity index (χ2n) is 9.81. The molecule has 1 unspecified atom stereocenters. The number of hydrogen-bond donors (Lipinski definition) is 2. The van der Waals surface area contributed by atoms with E-state index in [0.29, 0.717) is 23.6 Å². The Bertz CT molecular complexity index is 1210. The van der Waals surface area contributed by atoms with Crippen molar-refractivity contribution in [1.82, 2.24) is 20.2 Å². The van der Waals surface area contributed by atoms with Crippen LogP contribution in [0.2, 0.25) is 0 Å². The lowest BCUT2D eigenvalue weighted by Crippen LogP contribution is -2.41. The Balaban J connectivity index is 1.32. The number of aromatic amines is 1. The average molecular weight is 479 g/mol. The summed E-state index contributed by atoms with van der Waals surface area (Å²) in [6, 6.07) is 12.1. The van der Waals surface area contributed by atoms with E-state index >= 15 is 0 Å². The zero-order chi connectivity index (χ0) is 24.9. The van der Waals surface area contributed by atoms with Gasteiger partial charge in [0, 0.05) is 30.6 Å². The molecule has 1 aromatic heterocycles. The monoisotopic (exact) mass is 478 g/mol. The van der Waals surface area contributed by atoms with Gasteiger partial charge in [0.05, 0.1) is 11.0 Å². The van der Waals surface area contributed by atoms with E-state index in [1.54, 1.807) is 12.1 Å². The third-order valence-electron chi connectivity index (χ3n) is 7.03. The number of aryl methyl sites for hydroxylation is 1. The van der Waals surface area contributed by atoms with Crippen molar-refractivity contribution < 1.29 is 9.18 Å². The summed E-state index contributed by atoms with van der Waals surface area (Å²) in [4.78, 5) is 34.7. The summed E-state index contributed by atoms with van der Waals surface area (Å²) in [7, 11) is 0. The predicted octanol–water partition coefficient (Wildman–Crippen LogP) is 4.51. The largest absolute Gasteiger partial charge is 0.319 e. The molecule has 2 heterocycles. The molecular weight excluding hydrogens is 443 g/mol. The Morgan fingerprint density at radius 2 is 1.89 bits per heavy atom. The summed E-state index contributed by atoms with van der Waals surface area (Å²) in [5.41, 5.74) is 3.79. The van der Waals surface area contributed by atoms with Gasteiger partial charge < -0.3 is 15.2 Å². The summed E-state index contributed by atoms with van der Waals surface area (Å²) in [5, 5.41) is 3.71. The Hall–Kier alpha value is -2.90. The van der Waals surface area contributed by atoms with Gasteiger partial charge in [-0.25, -0.2) is 9.37 Å². The number of carbonyl (C=O) groups is 1. The first-order chi connectivity index (χ1) is 16.9. The zero-order valence-electron chi connectivity index (χ0n) is 20.8. The number of nitrogens with one attached hydrogen (secondary N) is 2. The summed E-state index contributed by atoms with van der Waals surface area (Å²) >= 11 is 0. The number of aromatic nitrogens is 2. The van der Waals surface area contributed by atoms with Gasteiger partial charge in [0.1, 0.15) is 11.5 Å². The Morgan fingerprint density at radius 3 is 2.54 bits per heavy atom. The van der Waals surface area contributed by atoms with Crippen LogP contribution in [0.15, 0.2) is 47.3 Å². The van der Waals surface area contributed by atoms with Crippen LogP contribution in [0.4, 0.5) is 4.39 Å². The number of fused-ring (bicyclic) bond motifs is 1. The van der Waals surface area contributed by atoms with Crippen molar-refractivity contribution >= 4 is 16.8 Å². The van der Waals surface area contributed by atoms with E-state index in [9.17, 15) is 14.0 Å². The van der Waals surface area contributed by atoms with Crippen LogP contribution in [0.25, 0.3) is 11.0 Å². The van der Waals surface area contributed by atoms with Crippen LogP contribution in [0.1, 0.15) is 61.3 Å². The fraction of sp³-hybridized carbons (Fsp3) is 0.464. The van der Waals surface area contributed by atoms with Crippen LogP contribution in [-0.2, 0) is 6.42 Å². The molecule has 186 valence electrons. The van der Waals surface area contributed by atoms with Crippen molar-refractivity contribution in [3.63, 3.8) is 0 Å². The van der Waals surface area contributed by atoms with Crippen molar-refractivity contribution in [3.05, 3.63) is 75.5 Å². The highest BCUT2D eigenvalue weighted by Gasteiger charge is 2.26. The van der Waals surface area contributed by atoms with Crippen LogP contribution in [0, 0.1) is 17.7 Å². The van der Waals surface area contributed by atoms with E-state index in [-0.39, 0.29) is 29.1 Å². The Kier molecular flexibility index (Phi) is 8.08. The van der Waals surface area contributed by atoms with Crippen molar-refractivity contribution in [2.75, 3.05) is 26.2 Å². The number of halogens is 1. The van der Waals surface area contributed by atoms with Gasteiger partial charge in [-0.15, -0.1) is 0 Å². The molecule has 0 amide bonds. The molecule has 1 aliphatic heterocycles. The van der Waals surface area contributed by atoms with E-state index in [1.165, 1.54) is 12.1 Å². The maximum atomic E-state index is 13.2. The van der Waals surface area contributed by atoms with E-state index < -0.39 is 0 Å². The Morgan fingerprint density at radius 1 is 1.17 bits per heavy atom.